The molecule has 1 aliphatic rings. The number of aromatic nitrogens is 1. The van der Waals surface area contributed by atoms with Gasteiger partial charge in [0.2, 0.25) is 5.88 Å². The van der Waals surface area contributed by atoms with Gasteiger partial charge in [0.15, 0.2) is 5.96 Å². The fourth-order valence-electron chi connectivity index (χ4n) is 2.57. The summed E-state index contributed by atoms with van der Waals surface area (Å²) in [5.41, 5.74) is 6.84. The molecule has 0 aromatic carbocycles. The maximum Gasteiger partial charge on any atom is 0.409 e. The molecule has 1 aliphatic heterocycles. The molecule has 0 atom stereocenters. The van der Waals surface area contributed by atoms with Crippen LogP contribution in [-0.2, 0) is 11.3 Å². The Bertz CT molecular complexity index is 577. The Morgan fingerprint density at radius 2 is 2.20 bits per heavy atom. The Labute approximate surface area is 165 Å². The third kappa shape index (κ3) is 6.56. The third-order valence-corrected chi connectivity index (χ3v) is 3.84. The topological polar surface area (TPSA) is 102 Å². The zero-order chi connectivity index (χ0) is 17.4. The molecular formula is C16H26IN5O3. The van der Waals surface area contributed by atoms with Gasteiger partial charge in [-0.3, -0.25) is 0 Å². The van der Waals surface area contributed by atoms with Crippen molar-refractivity contribution in [2.75, 3.05) is 26.8 Å². The SMILES string of the molecule is CCOC(=O)N1CCC(NC(N)=NCc2cccnc2OC)CC1.I. The van der Waals surface area contributed by atoms with Crippen molar-refractivity contribution in [3.63, 3.8) is 0 Å². The summed E-state index contributed by atoms with van der Waals surface area (Å²) in [4.78, 5) is 21.8. The van der Waals surface area contributed by atoms with Crippen LogP contribution in [0.2, 0.25) is 0 Å². The van der Waals surface area contributed by atoms with E-state index in [0.29, 0.717) is 38.1 Å². The van der Waals surface area contributed by atoms with E-state index in [9.17, 15) is 4.79 Å². The predicted molar refractivity (Wildman–Crippen MR) is 106 cm³/mol. The highest BCUT2D eigenvalue weighted by atomic mass is 127. The lowest BCUT2D eigenvalue weighted by Crippen LogP contribution is -2.48. The number of halogens is 1. The van der Waals surface area contributed by atoms with E-state index in [0.717, 1.165) is 18.4 Å². The van der Waals surface area contributed by atoms with Gasteiger partial charge in [0.1, 0.15) is 0 Å². The van der Waals surface area contributed by atoms with Gasteiger partial charge in [-0.1, -0.05) is 6.07 Å². The van der Waals surface area contributed by atoms with Gasteiger partial charge < -0.3 is 25.4 Å². The number of aliphatic imine (C=N–C) groups is 1. The van der Waals surface area contributed by atoms with E-state index in [2.05, 4.69) is 15.3 Å². The molecule has 1 amide bonds. The smallest absolute Gasteiger partial charge is 0.409 e. The van der Waals surface area contributed by atoms with Crippen LogP contribution in [0.4, 0.5) is 4.79 Å². The molecule has 0 saturated carbocycles. The summed E-state index contributed by atoms with van der Waals surface area (Å²) < 4.78 is 10.2. The molecule has 9 heteroatoms. The molecule has 0 unspecified atom stereocenters. The standard InChI is InChI=1S/C16H25N5O3.HI/c1-3-24-16(22)21-9-6-13(7-10-21)20-15(17)19-11-12-5-4-8-18-14(12)23-2;/h4-5,8,13H,3,6-7,9-11H2,1-2H3,(H3,17,19,20);1H. The number of methoxy groups -OCH3 is 1. The van der Waals surface area contributed by atoms with Crippen molar-refractivity contribution < 1.29 is 14.3 Å². The molecule has 3 N–H and O–H groups in total. The Morgan fingerprint density at radius 3 is 2.84 bits per heavy atom. The number of hydrogen-bond donors (Lipinski definition) is 2. The second-order valence-electron chi connectivity index (χ2n) is 5.48. The number of piperidine rings is 1. The molecular weight excluding hydrogens is 437 g/mol. The molecule has 2 heterocycles. The number of nitrogens with two attached hydrogens (primary N) is 1. The zero-order valence-corrected chi connectivity index (χ0v) is 16.9. The molecule has 25 heavy (non-hydrogen) atoms. The van der Waals surface area contributed by atoms with E-state index in [-0.39, 0.29) is 36.1 Å². The van der Waals surface area contributed by atoms with Gasteiger partial charge in [0.25, 0.3) is 0 Å². The fourth-order valence-corrected chi connectivity index (χ4v) is 2.57. The summed E-state index contributed by atoms with van der Waals surface area (Å²) in [6.07, 6.45) is 3.04. The number of amides is 1. The van der Waals surface area contributed by atoms with Crippen LogP contribution in [0.5, 0.6) is 5.88 Å². The second-order valence-corrected chi connectivity index (χ2v) is 5.48. The first-order valence-corrected chi connectivity index (χ1v) is 8.10. The molecule has 0 spiro atoms. The number of carbonyl (C=O) groups excluding carboxylic acids is 1. The first-order valence-electron chi connectivity index (χ1n) is 8.10. The van der Waals surface area contributed by atoms with Crippen LogP contribution in [-0.4, -0.2) is 54.8 Å². The van der Waals surface area contributed by atoms with E-state index < -0.39 is 0 Å². The lowest BCUT2D eigenvalue weighted by Gasteiger charge is -2.31. The number of pyridine rings is 1. The van der Waals surface area contributed by atoms with Crippen LogP contribution in [0.3, 0.4) is 0 Å². The van der Waals surface area contributed by atoms with Gasteiger partial charge in [-0.15, -0.1) is 24.0 Å². The van der Waals surface area contributed by atoms with E-state index >= 15 is 0 Å². The Morgan fingerprint density at radius 1 is 1.48 bits per heavy atom. The number of hydrogen-bond acceptors (Lipinski definition) is 5. The van der Waals surface area contributed by atoms with E-state index in [1.807, 2.05) is 12.1 Å². The summed E-state index contributed by atoms with van der Waals surface area (Å²) in [6.45, 7) is 3.91. The van der Waals surface area contributed by atoms with Crippen LogP contribution in [0.25, 0.3) is 0 Å². The minimum Gasteiger partial charge on any atom is -0.481 e. The van der Waals surface area contributed by atoms with Gasteiger partial charge in [0, 0.05) is 30.9 Å². The molecule has 0 bridgehead atoms. The molecule has 2 rings (SSSR count). The van der Waals surface area contributed by atoms with Crippen molar-refractivity contribution in [2.24, 2.45) is 10.7 Å². The number of likely N-dealkylation sites (tertiary alicyclic amines) is 1. The van der Waals surface area contributed by atoms with E-state index in [1.165, 1.54) is 0 Å². The van der Waals surface area contributed by atoms with Gasteiger partial charge in [-0.05, 0) is 25.8 Å². The van der Waals surface area contributed by atoms with Crippen LogP contribution < -0.4 is 15.8 Å². The number of nitrogens with zero attached hydrogens (tertiary/aromatic N) is 3. The van der Waals surface area contributed by atoms with Gasteiger partial charge in [-0.25, -0.2) is 14.8 Å². The van der Waals surface area contributed by atoms with Crippen molar-refractivity contribution in [1.82, 2.24) is 15.2 Å². The van der Waals surface area contributed by atoms with Crippen LogP contribution in [0, 0.1) is 0 Å². The van der Waals surface area contributed by atoms with E-state index in [1.54, 1.807) is 25.1 Å². The summed E-state index contributed by atoms with van der Waals surface area (Å²) in [6, 6.07) is 3.94. The van der Waals surface area contributed by atoms with Crippen LogP contribution in [0.15, 0.2) is 23.3 Å². The number of rotatable bonds is 5. The first-order chi connectivity index (χ1) is 11.6. The van der Waals surface area contributed by atoms with Crippen molar-refractivity contribution >= 4 is 36.0 Å². The summed E-state index contributed by atoms with van der Waals surface area (Å²) in [5, 5.41) is 3.21. The normalized spacial score (nSPS) is 15.3. The molecule has 0 radical (unpaired) electrons. The Kier molecular flexibility index (Phi) is 9.32. The monoisotopic (exact) mass is 463 g/mol. The molecule has 1 saturated heterocycles. The quantitative estimate of drug-likeness (QED) is 0.392. The number of guanidine groups is 1. The number of carbonyl (C=O) groups is 1. The highest BCUT2D eigenvalue weighted by Crippen LogP contribution is 2.15. The largest absolute Gasteiger partial charge is 0.481 e. The molecule has 1 aromatic rings. The van der Waals surface area contributed by atoms with Crippen molar-refractivity contribution in [2.45, 2.75) is 32.4 Å². The lowest BCUT2D eigenvalue weighted by molar-refractivity contribution is 0.0963. The summed E-state index contributed by atoms with van der Waals surface area (Å²) >= 11 is 0. The number of nitrogens with one attached hydrogen (secondary N) is 1. The third-order valence-electron chi connectivity index (χ3n) is 3.84. The summed E-state index contributed by atoms with van der Waals surface area (Å²) in [7, 11) is 1.58. The fraction of sp³-hybridized carbons (Fsp3) is 0.562. The van der Waals surface area contributed by atoms with Crippen molar-refractivity contribution in [3.8, 4) is 5.88 Å². The zero-order valence-electron chi connectivity index (χ0n) is 14.6. The maximum atomic E-state index is 11.7. The van der Waals surface area contributed by atoms with E-state index in [4.69, 9.17) is 15.2 Å². The molecule has 1 fully saturated rings. The maximum absolute atomic E-state index is 11.7. The van der Waals surface area contributed by atoms with Crippen molar-refractivity contribution in [3.05, 3.63) is 23.9 Å². The predicted octanol–water partition coefficient (Wildman–Crippen LogP) is 1.73. The van der Waals surface area contributed by atoms with Crippen LogP contribution in [0.1, 0.15) is 25.3 Å². The first kappa shape index (κ1) is 21.3. The van der Waals surface area contributed by atoms with Gasteiger partial charge in [-0.2, -0.15) is 0 Å². The highest BCUT2D eigenvalue weighted by Gasteiger charge is 2.23. The molecule has 8 nitrogen and oxygen atoms in total. The van der Waals surface area contributed by atoms with Gasteiger partial charge >= 0.3 is 6.09 Å². The minimum atomic E-state index is -0.249. The second kappa shape index (κ2) is 11.0. The Balaban J connectivity index is 0.00000312. The lowest BCUT2D eigenvalue weighted by atomic mass is 10.1. The van der Waals surface area contributed by atoms with Gasteiger partial charge in [0.05, 0.1) is 20.3 Å². The van der Waals surface area contributed by atoms with Crippen LogP contribution >= 0.6 is 24.0 Å². The minimum absolute atomic E-state index is 0. The summed E-state index contributed by atoms with van der Waals surface area (Å²) in [5.74, 6) is 0.937. The number of ether oxygens (including phenoxy) is 2. The molecule has 140 valence electrons. The average molecular weight is 463 g/mol. The average Bonchev–Trinajstić information content (AvgIpc) is 2.61. The highest BCUT2D eigenvalue weighted by molar-refractivity contribution is 14.0. The Hall–Kier alpha value is -1.78. The molecule has 1 aromatic heterocycles. The molecule has 0 aliphatic carbocycles. The van der Waals surface area contributed by atoms with Crippen molar-refractivity contribution in [1.29, 1.82) is 0 Å².